The van der Waals surface area contributed by atoms with Crippen LogP contribution >= 0.6 is 11.6 Å². The summed E-state index contributed by atoms with van der Waals surface area (Å²) in [7, 11) is 0. The summed E-state index contributed by atoms with van der Waals surface area (Å²) < 4.78 is 30.9. The number of alkyl halides is 1. The Kier molecular flexibility index (Phi) is 4.02. The molecule has 0 bridgehead atoms. The van der Waals surface area contributed by atoms with Gasteiger partial charge in [-0.05, 0) is 37.8 Å². The van der Waals surface area contributed by atoms with Crippen LogP contribution in [0.15, 0.2) is 35.7 Å². The van der Waals surface area contributed by atoms with E-state index in [0.29, 0.717) is 6.42 Å². The average molecular weight is 366 g/mol. The number of hydrogen-bond donors (Lipinski definition) is 1. The molecule has 2 heterocycles. The fourth-order valence-corrected chi connectivity index (χ4v) is 3.97. The van der Waals surface area contributed by atoms with Gasteiger partial charge >= 0.3 is 0 Å². The molecule has 25 heavy (non-hydrogen) atoms. The van der Waals surface area contributed by atoms with Gasteiger partial charge in [0.2, 0.25) is 5.67 Å². The van der Waals surface area contributed by atoms with E-state index < -0.39 is 17.1 Å². The van der Waals surface area contributed by atoms with Gasteiger partial charge in [-0.25, -0.2) is 13.8 Å². The van der Waals surface area contributed by atoms with E-state index in [1.54, 1.807) is 0 Å². The Labute approximate surface area is 149 Å². The SMILES string of the molecule is Fc1cc(Cl)ccc1C(F)(C1=NOC2(CCCCC2)C1)c1ncc[nH]1. The van der Waals surface area contributed by atoms with Gasteiger partial charge in [-0.1, -0.05) is 29.2 Å². The normalized spacial score (nSPS) is 21.6. The largest absolute Gasteiger partial charge is 0.389 e. The number of hydrogen-bond acceptors (Lipinski definition) is 3. The summed E-state index contributed by atoms with van der Waals surface area (Å²) in [5.41, 5.74) is -2.81. The van der Waals surface area contributed by atoms with E-state index in [2.05, 4.69) is 15.1 Å². The lowest BCUT2D eigenvalue weighted by molar-refractivity contribution is -0.0449. The summed E-state index contributed by atoms with van der Waals surface area (Å²) in [6.07, 6.45) is 8.12. The molecule has 2 aliphatic rings. The Morgan fingerprint density at radius 2 is 2.04 bits per heavy atom. The fraction of sp³-hybridized carbons (Fsp3) is 0.444. The lowest BCUT2D eigenvalue weighted by atomic mass is 9.77. The van der Waals surface area contributed by atoms with Crippen molar-refractivity contribution in [3.63, 3.8) is 0 Å². The number of imidazole rings is 1. The molecule has 1 aromatic heterocycles. The van der Waals surface area contributed by atoms with Gasteiger partial charge in [0.1, 0.15) is 17.1 Å². The molecule has 1 saturated carbocycles. The molecule has 1 unspecified atom stereocenters. The zero-order valence-electron chi connectivity index (χ0n) is 13.6. The second-order valence-electron chi connectivity index (χ2n) is 6.77. The highest BCUT2D eigenvalue weighted by molar-refractivity contribution is 6.30. The summed E-state index contributed by atoms with van der Waals surface area (Å²) in [6, 6.07) is 3.90. The molecule has 7 heteroatoms. The maximum Gasteiger partial charge on any atom is 0.237 e. The maximum atomic E-state index is 16.3. The molecular weight excluding hydrogens is 348 g/mol. The number of aromatic amines is 1. The van der Waals surface area contributed by atoms with Crippen LogP contribution in [0.1, 0.15) is 49.9 Å². The van der Waals surface area contributed by atoms with Crippen molar-refractivity contribution < 1.29 is 13.6 Å². The molecule has 4 nitrogen and oxygen atoms in total. The Hall–Kier alpha value is -1.95. The van der Waals surface area contributed by atoms with Crippen LogP contribution in [-0.2, 0) is 10.5 Å². The number of H-pyrrole nitrogens is 1. The molecule has 1 N–H and O–H groups in total. The molecule has 0 radical (unpaired) electrons. The van der Waals surface area contributed by atoms with Crippen LogP contribution in [0.3, 0.4) is 0 Å². The van der Waals surface area contributed by atoms with Crippen LogP contribution in [0.2, 0.25) is 5.02 Å². The minimum atomic E-state index is -2.32. The van der Waals surface area contributed by atoms with Crippen molar-refractivity contribution in [1.82, 2.24) is 9.97 Å². The summed E-state index contributed by atoms with van der Waals surface area (Å²) >= 11 is 5.83. The molecule has 4 rings (SSSR count). The minimum Gasteiger partial charge on any atom is -0.389 e. The van der Waals surface area contributed by atoms with Gasteiger partial charge in [-0.2, -0.15) is 0 Å². The molecule has 0 saturated heterocycles. The Morgan fingerprint density at radius 1 is 1.24 bits per heavy atom. The van der Waals surface area contributed by atoms with Gasteiger partial charge in [0.05, 0.1) is 0 Å². The zero-order chi connectivity index (χ0) is 17.5. The van der Waals surface area contributed by atoms with Crippen molar-refractivity contribution in [2.45, 2.75) is 49.8 Å². The predicted molar refractivity (Wildman–Crippen MR) is 90.8 cm³/mol. The van der Waals surface area contributed by atoms with Crippen LogP contribution in [-0.4, -0.2) is 21.3 Å². The van der Waals surface area contributed by atoms with E-state index in [1.165, 1.54) is 24.5 Å². The molecule has 1 spiro atoms. The van der Waals surface area contributed by atoms with Crippen molar-refractivity contribution in [3.05, 3.63) is 52.8 Å². The molecule has 1 atom stereocenters. The van der Waals surface area contributed by atoms with Crippen molar-refractivity contribution in [2.24, 2.45) is 5.16 Å². The third-order valence-corrected chi connectivity index (χ3v) is 5.36. The molecule has 1 aromatic carbocycles. The highest BCUT2D eigenvalue weighted by Crippen LogP contribution is 2.45. The summed E-state index contributed by atoms with van der Waals surface area (Å²) in [5, 5.41) is 4.27. The number of nitrogens with one attached hydrogen (secondary N) is 1. The molecule has 1 aliphatic carbocycles. The first-order valence-corrected chi connectivity index (χ1v) is 8.81. The number of oxime groups is 1. The van der Waals surface area contributed by atoms with E-state index in [0.717, 1.165) is 38.2 Å². The summed E-state index contributed by atoms with van der Waals surface area (Å²) in [4.78, 5) is 12.5. The van der Waals surface area contributed by atoms with E-state index in [4.69, 9.17) is 16.4 Å². The first kappa shape index (κ1) is 16.5. The molecular formula is C18H18ClF2N3O. The van der Waals surface area contributed by atoms with Crippen molar-refractivity contribution in [2.75, 3.05) is 0 Å². The molecule has 132 valence electrons. The van der Waals surface area contributed by atoms with E-state index in [9.17, 15) is 4.39 Å². The summed E-state index contributed by atoms with van der Waals surface area (Å²) in [6.45, 7) is 0. The minimum absolute atomic E-state index is 0.0102. The monoisotopic (exact) mass is 365 g/mol. The molecule has 0 amide bonds. The van der Waals surface area contributed by atoms with E-state index in [-0.39, 0.29) is 22.1 Å². The molecule has 2 aromatic rings. The smallest absolute Gasteiger partial charge is 0.237 e. The quantitative estimate of drug-likeness (QED) is 0.841. The molecule has 1 fully saturated rings. The van der Waals surface area contributed by atoms with Gasteiger partial charge in [0.25, 0.3) is 0 Å². The van der Waals surface area contributed by atoms with E-state index in [1.807, 2.05) is 0 Å². The highest BCUT2D eigenvalue weighted by Gasteiger charge is 2.52. The number of halogens is 3. The van der Waals surface area contributed by atoms with Crippen molar-refractivity contribution in [1.29, 1.82) is 0 Å². The number of nitrogens with zero attached hydrogens (tertiary/aromatic N) is 2. The second-order valence-corrected chi connectivity index (χ2v) is 7.21. The van der Waals surface area contributed by atoms with E-state index >= 15 is 4.39 Å². The third-order valence-electron chi connectivity index (χ3n) is 5.13. The predicted octanol–water partition coefficient (Wildman–Crippen LogP) is 4.89. The first-order valence-electron chi connectivity index (χ1n) is 8.43. The van der Waals surface area contributed by atoms with Crippen LogP contribution in [0.5, 0.6) is 0 Å². The maximum absolute atomic E-state index is 16.3. The Morgan fingerprint density at radius 3 is 2.72 bits per heavy atom. The van der Waals surface area contributed by atoms with Gasteiger partial charge in [0.15, 0.2) is 5.82 Å². The van der Waals surface area contributed by atoms with Crippen molar-refractivity contribution >= 4 is 17.3 Å². The third kappa shape index (κ3) is 2.72. The van der Waals surface area contributed by atoms with Gasteiger partial charge in [-0.15, -0.1) is 0 Å². The number of benzene rings is 1. The van der Waals surface area contributed by atoms with Gasteiger partial charge < -0.3 is 9.82 Å². The van der Waals surface area contributed by atoms with Crippen LogP contribution < -0.4 is 0 Å². The Balaban J connectivity index is 1.77. The molecule has 1 aliphatic heterocycles. The lowest BCUT2D eigenvalue weighted by Crippen LogP contribution is -2.38. The Bertz CT molecular complexity index is 803. The van der Waals surface area contributed by atoms with Crippen LogP contribution in [0.25, 0.3) is 0 Å². The average Bonchev–Trinajstić information content (AvgIpc) is 3.26. The summed E-state index contributed by atoms with van der Waals surface area (Å²) in [5.74, 6) is -0.748. The van der Waals surface area contributed by atoms with Gasteiger partial charge in [-0.3, -0.25) is 0 Å². The van der Waals surface area contributed by atoms with Gasteiger partial charge in [0, 0.05) is 29.4 Å². The van der Waals surface area contributed by atoms with Crippen LogP contribution in [0.4, 0.5) is 8.78 Å². The number of aromatic nitrogens is 2. The standard InChI is InChI=1S/C18H18ClF2N3O/c19-12-4-5-13(14(20)10-12)18(21,16-22-8-9-23-16)15-11-17(25-24-15)6-2-1-3-7-17/h4-5,8-10H,1-3,6-7,11H2,(H,22,23). The highest BCUT2D eigenvalue weighted by atomic mass is 35.5. The fourth-order valence-electron chi connectivity index (χ4n) is 3.81. The topological polar surface area (TPSA) is 50.3 Å². The van der Waals surface area contributed by atoms with Crippen LogP contribution in [0, 0.1) is 5.82 Å². The van der Waals surface area contributed by atoms with Crippen molar-refractivity contribution in [3.8, 4) is 0 Å². The second kappa shape index (κ2) is 6.09. The lowest BCUT2D eigenvalue weighted by Gasteiger charge is -2.31. The number of rotatable bonds is 3. The first-order chi connectivity index (χ1) is 12.0. The zero-order valence-corrected chi connectivity index (χ0v) is 14.3.